The highest BCUT2D eigenvalue weighted by atomic mass is 19.4. The molecule has 1 saturated carbocycles. The highest BCUT2D eigenvalue weighted by Crippen LogP contribution is 2.34. The van der Waals surface area contributed by atoms with Gasteiger partial charge < -0.3 is 5.32 Å². The molecule has 0 bridgehead atoms. The Hall–Kier alpha value is -1.26. The maximum Gasteiger partial charge on any atom is 0.419 e. The first kappa shape index (κ1) is 14.2. The topological polar surface area (TPSA) is 12.0 Å². The van der Waals surface area contributed by atoms with Crippen LogP contribution in [-0.2, 0) is 6.18 Å². The number of anilines is 1. The molecule has 1 aliphatic rings. The highest BCUT2D eigenvalue weighted by Gasteiger charge is 2.34. The summed E-state index contributed by atoms with van der Waals surface area (Å²) < 4.78 is 51.0. The molecule has 0 heterocycles. The minimum absolute atomic E-state index is 0.106. The minimum atomic E-state index is -4.65. The Bertz CT molecular complexity index is 436. The predicted molar refractivity (Wildman–Crippen MR) is 66.4 cm³/mol. The van der Waals surface area contributed by atoms with Gasteiger partial charge in [-0.05, 0) is 43.9 Å². The molecule has 0 saturated heterocycles. The highest BCUT2D eigenvalue weighted by molar-refractivity contribution is 5.47. The second kappa shape index (κ2) is 5.39. The number of rotatable bonds is 3. The predicted octanol–water partition coefficient (Wildman–Crippen LogP) is 4.84. The van der Waals surface area contributed by atoms with Crippen molar-refractivity contribution in [3.8, 4) is 0 Å². The van der Waals surface area contributed by atoms with Crippen molar-refractivity contribution in [3.63, 3.8) is 0 Å². The van der Waals surface area contributed by atoms with Gasteiger partial charge in [0, 0.05) is 11.7 Å². The first-order valence-corrected chi connectivity index (χ1v) is 6.51. The van der Waals surface area contributed by atoms with Crippen LogP contribution in [0.1, 0.15) is 38.2 Å². The molecule has 1 fully saturated rings. The Morgan fingerprint density at radius 2 is 1.84 bits per heavy atom. The van der Waals surface area contributed by atoms with Crippen LogP contribution in [0.15, 0.2) is 18.2 Å². The molecule has 5 heteroatoms. The van der Waals surface area contributed by atoms with Crippen LogP contribution in [0.25, 0.3) is 0 Å². The molecular weight excluding hydrogens is 258 g/mol. The van der Waals surface area contributed by atoms with Gasteiger partial charge in [0.1, 0.15) is 5.82 Å². The average Bonchev–Trinajstić information content (AvgIpc) is 2.83. The quantitative estimate of drug-likeness (QED) is 0.779. The summed E-state index contributed by atoms with van der Waals surface area (Å²) in [5.41, 5.74) is -0.885. The van der Waals surface area contributed by atoms with Gasteiger partial charge in [-0.15, -0.1) is 0 Å². The van der Waals surface area contributed by atoms with Gasteiger partial charge in [0.05, 0.1) is 5.56 Å². The van der Waals surface area contributed by atoms with Crippen molar-refractivity contribution in [2.24, 2.45) is 5.92 Å². The Morgan fingerprint density at radius 1 is 1.21 bits per heavy atom. The molecule has 1 unspecified atom stereocenters. The van der Waals surface area contributed by atoms with Crippen molar-refractivity contribution in [2.75, 3.05) is 5.32 Å². The molecule has 1 aliphatic carbocycles. The fraction of sp³-hybridized carbons (Fsp3) is 0.571. The average molecular weight is 275 g/mol. The molecule has 2 rings (SSSR count). The van der Waals surface area contributed by atoms with Gasteiger partial charge in [0.15, 0.2) is 0 Å². The van der Waals surface area contributed by atoms with Crippen LogP contribution in [0.3, 0.4) is 0 Å². The largest absolute Gasteiger partial charge is 0.419 e. The molecule has 0 aliphatic heterocycles. The fourth-order valence-electron chi connectivity index (χ4n) is 2.67. The Labute approximate surface area is 110 Å². The van der Waals surface area contributed by atoms with Gasteiger partial charge in [0.2, 0.25) is 0 Å². The van der Waals surface area contributed by atoms with Crippen LogP contribution in [0.5, 0.6) is 0 Å². The van der Waals surface area contributed by atoms with Gasteiger partial charge in [-0.25, -0.2) is 4.39 Å². The van der Waals surface area contributed by atoms with Crippen LogP contribution in [0.4, 0.5) is 23.2 Å². The van der Waals surface area contributed by atoms with Crippen molar-refractivity contribution in [1.82, 2.24) is 0 Å². The zero-order valence-electron chi connectivity index (χ0n) is 10.7. The number of alkyl halides is 3. The van der Waals surface area contributed by atoms with Gasteiger partial charge in [-0.1, -0.05) is 12.8 Å². The van der Waals surface area contributed by atoms with Crippen LogP contribution in [-0.4, -0.2) is 6.04 Å². The number of benzene rings is 1. The van der Waals surface area contributed by atoms with E-state index in [2.05, 4.69) is 5.32 Å². The summed E-state index contributed by atoms with van der Waals surface area (Å²) in [4.78, 5) is 0. The van der Waals surface area contributed by atoms with Crippen molar-refractivity contribution < 1.29 is 17.6 Å². The first-order chi connectivity index (χ1) is 8.88. The first-order valence-electron chi connectivity index (χ1n) is 6.51. The van der Waals surface area contributed by atoms with Crippen LogP contribution < -0.4 is 5.32 Å². The van der Waals surface area contributed by atoms with Crippen LogP contribution in [0.2, 0.25) is 0 Å². The molecule has 106 valence electrons. The summed E-state index contributed by atoms with van der Waals surface area (Å²) in [6.45, 7) is 1.96. The molecule has 1 N–H and O–H groups in total. The second-order valence-corrected chi connectivity index (χ2v) is 5.17. The molecule has 0 spiro atoms. The van der Waals surface area contributed by atoms with E-state index in [9.17, 15) is 17.6 Å². The van der Waals surface area contributed by atoms with Gasteiger partial charge in [-0.3, -0.25) is 0 Å². The molecule has 0 aromatic heterocycles. The third kappa shape index (κ3) is 3.39. The molecule has 0 amide bonds. The van der Waals surface area contributed by atoms with E-state index >= 15 is 0 Å². The van der Waals surface area contributed by atoms with Gasteiger partial charge >= 0.3 is 6.18 Å². The van der Waals surface area contributed by atoms with Gasteiger partial charge in [0.25, 0.3) is 0 Å². The minimum Gasteiger partial charge on any atom is -0.382 e. The van der Waals surface area contributed by atoms with E-state index in [1.165, 1.54) is 18.9 Å². The maximum atomic E-state index is 13.2. The zero-order valence-corrected chi connectivity index (χ0v) is 10.7. The summed E-state index contributed by atoms with van der Waals surface area (Å²) in [5.74, 6) is -0.744. The molecule has 1 atom stereocenters. The number of halogens is 4. The summed E-state index contributed by atoms with van der Waals surface area (Å²) in [6, 6.07) is 3.18. The Morgan fingerprint density at radius 3 is 2.42 bits per heavy atom. The summed E-state index contributed by atoms with van der Waals surface area (Å²) in [5, 5.41) is 3.06. The molecule has 19 heavy (non-hydrogen) atoms. The molecule has 0 radical (unpaired) electrons. The van der Waals surface area contributed by atoms with E-state index < -0.39 is 17.6 Å². The maximum absolute atomic E-state index is 13.2. The number of nitrogens with one attached hydrogen (secondary N) is 1. The summed E-state index contributed by atoms with van der Waals surface area (Å²) >= 11 is 0. The van der Waals surface area contributed by atoms with E-state index in [1.54, 1.807) is 0 Å². The Kier molecular flexibility index (Phi) is 4.02. The second-order valence-electron chi connectivity index (χ2n) is 5.17. The van der Waals surface area contributed by atoms with Crippen LogP contribution in [0, 0.1) is 11.7 Å². The van der Waals surface area contributed by atoms with Gasteiger partial charge in [-0.2, -0.15) is 13.2 Å². The standard InChI is InChI=1S/C14H17F4N/c1-9(10-4-2-3-5-10)19-11-6-7-13(15)12(8-11)14(16,17)18/h6-10,19H,2-5H2,1H3. The number of hydrogen-bond donors (Lipinski definition) is 1. The van der Waals surface area contributed by atoms with Crippen molar-refractivity contribution in [2.45, 2.75) is 44.8 Å². The lowest BCUT2D eigenvalue weighted by molar-refractivity contribution is -0.139. The smallest absolute Gasteiger partial charge is 0.382 e. The normalized spacial score (nSPS) is 18.6. The SMILES string of the molecule is CC(Nc1ccc(F)c(C(F)(F)F)c1)C1CCCC1. The summed E-state index contributed by atoms with van der Waals surface area (Å²) in [6.07, 6.45) is -0.108. The number of hydrogen-bond acceptors (Lipinski definition) is 1. The van der Waals surface area contributed by atoms with E-state index in [0.717, 1.165) is 25.0 Å². The molecule has 1 aromatic carbocycles. The zero-order chi connectivity index (χ0) is 14.0. The van der Waals surface area contributed by atoms with E-state index in [0.29, 0.717) is 11.6 Å². The molecule has 1 nitrogen and oxygen atoms in total. The third-order valence-electron chi connectivity index (χ3n) is 3.77. The van der Waals surface area contributed by atoms with E-state index in [-0.39, 0.29) is 6.04 Å². The monoisotopic (exact) mass is 275 g/mol. The third-order valence-corrected chi connectivity index (χ3v) is 3.77. The fourth-order valence-corrected chi connectivity index (χ4v) is 2.67. The van der Waals surface area contributed by atoms with Crippen LogP contribution >= 0.6 is 0 Å². The lowest BCUT2D eigenvalue weighted by Gasteiger charge is -2.22. The molecular formula is C14H17F4N. The Balaban J connectivity index is 2.12. The van der Waals surface area contributed by atoms with Crippen molar-refractivity contribution in [3.05, 3.63) is 29.6 Å². The van der Waals surface area contributed by atoms with E-state index in [4.69, 9.17) is 0 Å². The summed E-state index contributed by atoms with van der Waals surface area (Å²) in [7, 11) is 0. The lowest BCUT2D eigenvalue weighted by Crippen LogP contribution is -2.24. The lowest BCUT2D eigenvalue weighted by atomic mass is 9.99. The van der Waals surface area contributed by atoms with Crippen molar-refractivity contribution >= 4 is 5.69 Å². The molecule has 1 aromatic rings. The van der Waals surface area contributed by atoms with Crippen molar-refractivity contribution in [1.29, 1.82) is 0 Å². The van der Waals surface area contributed by atoms with E-state index in [1.807, 2.05) is 6.92 Å².